The molecule has 40 heteroatoms. The summed E-state index contributed by atoms with van der Waals surface area (Å²) < 4.78 is 42.5. The maximum Gasteiger partial charge on any atom is 0.319 e. The van der Waals surface area contributed by atoms with Crippen molar-refractivity contribution in [2.24, 2.45) is 11.8 Å². The Morgan fingerprint density at radius 2 is 0.607 bits per heavy atom. The van der Waals surface area contributed by atoms with Crippen molar-refractivity contribution >= 4 is 47.5 Å². The molecule has 1 aliphatic carbocycles. The van der Waals surface area contributed by atoms with Crippen molar-refractivity contribution in [1.82, 2.24) is 170 Å². The molecule has 0 unspecified atom stereocenters. The van der Waals surface area contributed by atoms with Crippen LogP contribution in [0.2, 0.25) is 0 Å². The van der Waals surface area contributed by atoms with Gasteiger partial charge in [-0.3, -0.25) is 51.6 Å². The maximum absolute atomic E-state index is 13.5. The molecule has 16 aromatic heterocycles. The molecule has 4 aliphatic heterocycles. The van der Waals surface area contributed by atoms with Crippen molar-refractivity contribution in [2.75, 3.05) is 94.6 Å². The average molecular weight is 1850 g/mol. The molecule has 0 N–H and O–H groups in total. The Labute approximate surface area is 783 Å². The topological polar surface area (TPSA) is 354 Å². The van der Waals surface area contributed by atoms with E-state index in [9.17, 15) is 18.9 Å². The smallest absolute Gasteiger partial charge is 0.319 e. The highest BCUT2D eigenvalue weighted by Crippen LogP contribution is 2.57. The van der Waals surface area contributed by atoms with Crippen LogP contribution in [0.25, 0.3) is 112 Å². The summed E-state index contributed by atoms with van der Waals surface area (Å²) in [6, 6.07) is 10.2. The van der Waals surface area contributed by atoms with Crippen molar-refractivity contribution in [1.29, 1.82) is 0 Å². The maximum atomic E-state index is 13.5. The van der Waals surface area contributed by atoms with Crippen LogP contribution in [-0.2, 0) is 14.2 Å². The largest absolute Gasteiger partial charge is 0.338 e. The van der Waals surface area contributed by atoms with Crippen LogP contribution in [0.3, 0.4) is 0 Å². The molecule has 706 valence electrons. The first-order chi connectivity index (χ1) is 65.4. The third-order valence-corrected chi connectivity index (χ3v) is 30.1. The summed E-state index contributed by atoms with van der Waals surface area (Å²) in [4.78, 5) is 63.7. The van der Waals surface area contributed by atoms with Gasteiger partial charge in [0.15, 0.2) is 0 Å². The Hall–Kier alpha value is -13.5. The van der Waals surface area contributed by atoms with E-state index >= 15 is 0 Å². The molecule has 0 spiro atoms. The van der Waals surface area contributed by atoms with Crippen molar-refractivity contribution in [3.63, 3.8) is 0 Å². The van der Waals surface area contributed by atoms with Crippen LogP contribution in [0.15, 0.2) is 173 Å². The lowest BCUT2D eigenvalue weighted by Gasteiger charge is -2.47. The van der Waals surface area contributed by atoms with Gasteiger partial charge < -0.3 is 19.6 Å². The van der Waals surface area contributed by atoms with Gasteiger partial charge in [-0.1, -0.05) is 69.2 Å². The Balaban J connectivity index is 0.000000120. The number of fused-ring (bicyclic) bond motifs is 4. The quantitative estimate of drug-likeness (QED) is 0.0393. The monoisotopic (exact) mass is 1850 g/mol. The molecule has 135 heavy (non-hydrogen) atoms. The third-order valence-electron chi connectivity index (χ3n) is 26.9. The first kappa shape index (κ1) is 92.0. The Bertz CT molecular complexity index is 6390. The van der Waals surface area contributed by atoms with Gasteiger partial charge in [0.2, 0.25) is 11.8 Å². The van der Waals surface area contributed by atoms with E-state index in [1.807, 2.05) is 250 Å². The van der Waals surface area contributed by atoms with Gasteiger partial charge in [0.1, 0.15) is 0 Å². The summed E-state index contributed by atoms with van der Waals surface area (Å²) in [6.45, 7) is 26.9. The van der Waals surface area contributed by atoms with Gasteiger partial charge in [-0.2, -0.15) is 61.2 Å². The second-order valence-corrected chi connectivity index (χ2v) is 40.0. The molecule has 39 nitrogen and oxygen atoms in total. The van der Waals surface area contributed by atoms with E-state index in [4.69, 9.17) is 19.9 Å². The SMILES string of the molecule is CCC(CC)n1cc(-c2nc(-c3cnn(C4CN(C(=O)C(C)C)C4)c3)cn3nccc23)cn1.CCC(CC)n1cc(-c2nc(-c3cnn(C4CN(C(=O)C5CC5)C4)c3)cn3nccc23)cn1.CCC(CC)n1cc(-c2nc(-c3cnn(C4CN(C(=O)N(C)C)C4)c3)cn3nccc23)cn1.CCC(CC)n1cc(-c2nc(-c3cnn(C4CN(P(=O)(N(C)C)N(C)C)C4)c3)cn3nccc23)cn1. The van der Waals surface area contributed by atoms with Crippen LogP contribution in [0.1, 0.15) is 182 Å². The molecule has 0 atom stereocenters. The highest BCUT2D eigenvalue weighted by molar-refractivity contribution is 7.56. The Morgan fingerprint density at radius 3 is 0.867 bits per heavy atom. The molecule has 4 saturated heterocycles. The summed E-state index contributed by atoms with van der Waals surface area (Å²) in [5.41, 5.74) is 18.0. The van der Waals surface area contributed by atoms with E-state index in [2.05, 4.69) is 141 Å². The summed E-state index contributed by atoms with van der Waals surface area (Å²) in [5, 5.41) is 54.6. The number of carbonyl (C=O) groups excluding carboxylic acids is 3. The van der Waals surface area contributed by atoms with Gasteiger partial charge in [-0.05, 0) is 117 Å². The predicted molar refractivity (Wildman–Crippen MR) is 514 cm³/mol. The van der Waals surface area contributed by atoms with E-state index in [0.29, 0.717) is 69.3 Å². The number of carbonyl (C=O) groups is 3. The van der Waals surface area contributed by atoms with Crippen molar-refractivity contribution in [2.45, 2.75) is 182 Å². The molecular formula is C95H122N35O4P. The van der Waals surface area contributed by atoms with Crippen molar-refractivity contribution < 1.29 is 18.9 Å². The Morgan fingerprint density at radius 1 is 0.341 bits per heavy atom. The minimum Gasteiger partial charge on any atom is -0.338 e. The lowest BCUT2D eigenvalue weighted by molar-refractivity contribution is -0.140. The molecular weight excluding hydrogens is 1730 g/mol. The van der Waals surface area contributed by atoms with Gasteiger partial charge in [-0.25, -0.2) is 56.8 Å². The van der Waals surface area contributed by atoms with Crippen molar-refractivity contribution in [3.8, 4) is 90.1 Å². The Kier molecular flexibility index (Phi) is 26.4. The number of amides is 4. The summed E-state index contributed by atoms with van der Waals surface area (Å²) >= 11 is 0. The number of aromatic nitrogens is 28. The van der Waals surface area contributed by atoms with E-state index in [1.165, 1.54) is 0 Å². The van der Waals surface area contributed by atoms with Crippen LogP contribution in [0, 0.1) is 11.8 Å². The molecule has 0 bridgehead atoms. The molecule has 0 radical (unpaired) electrons. The van der Waals surface area contributed by atoms with Crippen LogP contribution in [0.5, 0.6) is 0 Å². The second kappa shape index (κ2) is 38.8. The number of hydrogen-bond acceptors (Lipinski definition) is 20. The van der Waals surface area contributed by atoms with E-state index in [-0.39, 0.29) is 47.9 Å². The number of nitrogens with zero attached hydrogens (tertiary/aromatic N) is 35. The average Bonchev–Trinajstić information content (AvgIpc) is 1.72. The number of urea groups is 1. The standard InChI is InChI=1S/C24H35N10OP.C24H28N8O.C24H30N8O.C23H29N9O/c1-7-20(8-2)32-14-19(12-27-32)24-23-9-10-25-34(23)17-22(28-24)18-11-26-33(13-18)21-15-31(16-21)36(35,29(3)4)30(5)6;1-3-19(4-2)30-12-18(10-27-30)23-22-7-8-25-32(22)15-21(28-23)17-9-26-31(11-17)20-13-29(14-20)24(33)16-5-6-16;1-5-19(6-2)30-12-18(10-27-30)23-22-7-8-25-32(22)15-21(28-23)17-9-26-31(11-17)20-13-29(14-20)24(33)16(3)4;1-5-18(6-2)30-12-17(10-26-30)22-21-7-8-24-32(21)15-20(27-22)16-9-25-31(11-16)19-13-29(14-19)23(33)28(3)4/h9-14,17,20-21H,7-8,15-16H2,1-6H3;7-12,15-16,19-20H,3-6,13-14H2,1-2H3;7-12,15-16,19-20H,5-6,13-14H2,1-4H3;7-12,15,18-19H,5-6,13-14H2,1-4H3. The van der Waals surface area contributed by atoms with E-state index < -0.39 is 7.59 Å². The van der Waals surface area contributed by atoms with E-state index in [1.54, 1.807) is 43.8 Å². The second-order valence-electron chi connectivity index (χ2n) is 36.8. The fourth-order valence-electron chi connectivity index (χ4n) is 18.4. The lowest BCUT2D eigenvalue weighted by atomic mass is 10.1. The van der Waals surface area contributed by atoms with E-state index in [0.717, 1.165) is 189 Å². The minimum absolute atomic E-state index is 0.0249. The van der Waals surface area contributed by atoms with Crippen molar-refractivity contribution in [3.05, 3.63) is 173 Å². The predicted octanol–water partition coefficient (Wildman–Crippen LogP) is 14.7. The summed E-state index contributed by atoms with van der Waals surface area (Å²) in [5.74, 6) is 0.805. The van der Waals surface area contributed by atoms with Crippen LogP contribution in [-0.4, -0.2) is 283 Å². The van der Waals surface area contributed by atoms with Gasteiger partial charge in [0.05, 0.1) is 215 Å². The normalized spacial score (nSPS) is 15.3. The molecule has 20 heterocycles. The van der Waals surface area contributed by atoms with Gasteiger partial charge in [-0.15, -0.1) is 0 Å². The van der Waals surface area contributed by atoms with Crippen LogP contribution >= 0.6 is 7.59 Å². The zero-order valence-electron chi connectivity index (χ0n) is 79.9. The molecule has 1 saturated carbocycles. The first-order valence-corrected chi connectivity index (χ1v) is 48.9. The third kappa shape index (κ3) is 18.4. The number of rotatable bonds is 29. The highest BCUT2D eigenvalue weighted by atomic mass is 31.2. The zero-order chi connectivity index (χ0) is 94.4. The molecule has 21 rings (SSSR count). The van der Waals surface area contributed by atoms with Crippen LogP contribution in [0.4, 0.5) is 4.79 Å². The molecule has 0 aromatic carbocycles. The fraction of sp³-hybridized carbons (Fsp3) is 0.463. The van der Waals surface area contributed by atoms with Gasteiger partial charge in [0, 0.05) is 172 Å². The highest BCUT2D eigenvalue weighted by Gasteiger charge is 2.45. The molecule has 5 aliphatic rings. The van der Waals surface area contributed by atoms with Gasteiger partial charge in [0.25, 0.3) is 7.59 Å². The number of hydrogen-bond donors (Lipinski definition) is 0. The first-order valence-electron chi connectivity index (χ1n) is 47.3. The molecule has 4 amide bonds. The zero-order valence-corrected chi connectivity index (χ0v) is 80.8. The lowest BCUT2D eigenvalue weighted by Crippen LogP contribution is -2.53. The summed E-state index contributed by atoms with van der Waals surface area (Å²) in [6.07, 6.45) is 56.5. The van der Waals surface area contributed by atoms with Crippen LogP contribution < -0.4 is 0 Å². The van der Waals surface area contributed by atoms with Gasteiger partial charge >= 0.3 is 6.03 Å². The molecule has 16 aromatic rings. The fourth-order valence-corrected chi connectivity index (χ4v) is 20.9. The molecule has 5 fully saturated rings. The summed E-state index contributed by atoms with van der Waals surface area (Å²) in [7, 11) is 8.27. The number of likely N-dealkylation sites (tertiary alicyclic amines) is 3. The minimum atomic E-state index is -2.72.